The van der Waals surface area contributed by atoms with Crippen molar-refractivity contribution in [2.24, 2.45) is 0 Å². The molecule has 0 atom stereocenters. The van der Waals surface area contributed by atoms with Gasteiger partial charge < -0.3 is 10.1 Å². The number of hydrogen-bond donors (Lipinski definition) is 1. The first kappa shape index (κ1) is 14.1. The van der Waals surface area contributed by atoms with Crippen molar-refractivity contribution < 1.29 is 9.53 Å². The van der Waals surface area contributed by atoms with Crippen molar-refractivity contribution >= 4 is 17.7 Å². The monoisotopic (exact) mass is 253 g/mol. The highest BCUT2D eigenvalue weighted by Gasteiger charge is 1.97. The molecule has 0 aliphatic rings. The molecule has 1 aromatic rings. The van der Waals surface area contributed by atoms with E-state index >= 15 is 0 Å². The Kier molecular flexibility index (Phi) is 6.74. The Morgan fingerprint density at radius 1 is 1.35 bits per heavy atom. The highest BCUT2D eigenvalue weighted by molar-refractivity contribution is 7.98. The number of carbonyl (C=O) groups is 1. The van der Waals surface area contributed by atoms with Crippen LogP contribution in [0, 0.1) is 0 Å². The summed E-state index contributed by atoms with van der Waals surface area (Å²) in [4.78, 5) is 12.1. The number of ether oxygens (including phenoxy) is 1. The van der Waals surface area contributed by atoms with E-state index in [-0.39, 0.29) is 5.97 Å². The van der Waals surface area contributed by atoms with Gasteiger partial charge in [-0.3, -0.25) is 4.79 Å². The molecule has 0 saturated carbocycles. The highest BCUT2D eigenvalue weighted by Crippen LogP contribution is 2.14. The van der Waals surface area contributed by atoms with E-state index in [0.717, 1.165) is 6.54 Å². The van der Waals surface area contributed by atoms with Crippen LogP contribution in [0.3, 0.4) is 0 Å². The normalized spacial score (nSPS) is 10.2. The lowest BCUT2D eigenvalue weighted by molar-refractivity contribution is -0.143. The maximum absolute atomic E-state index is 10.9. The maximum Gasteiger partial charge on any atom is 0.305 e. The van der Waals surface area contributed by atoms with Gasteiger partial charge >= 0.3 is 5.97 Å². The van der Waals surface area contributed by atoms with Gasteiger partial charge in [0.15, 0.2) is 0 Å². The number of hydrogen-bond acceptors (Lipinski definition) is 4. The van der Waals surface area contributed by atoms with Crippen molar-refractivity contribution in [1.29, 1.82) is 0 Å². The topological polar surface area (TPSA) is 38.3 Å². The van der Waals surface area contributed by atoms with E-state index in [4.69, 9.17) is 4.74 Å². The highest BCUT2D eigenvalue weighted by atomic mass is 32.2. The van der Waals surface area contributed by atoms with Gasteiger partial charge in [-0.1, -0.05) is 19.1 Å². The van der Waals surface area contributed by atoms with Crippen molar-refractivity contribution in [3.05, 3.63) is 29.8 Å². The van der Waals surface area contributed by atoms with E-state index < -0.39 is 0 Å². The molecule has 17 heavy (non-hydrogen) atoms. The molecule has 1 aromatic carbocycles. The Morgan fingerprint density at radius 3 is 2.65 bits per heavy atom. The summed E-state index contributed by atoms with van der Waals surface area (Å²) in [5.74, 6) is -0.142. The number of esters is 1. The summed E-state index contributed by atoms with van der Waals surface area (Å²) in [6, 6.07) is 8.44. The average Bonchev–Trinajstić information content (AvgIpc) is 2.38. The van der Waals surface area contributed by atoms with Gasteiger partial charge in [0, 0.05) is 24.4 Å². The summed E-state index contributed by atoms with van der Waals surface area (Å²) in [5.41, 5.74) is 1.24. The third kappa shape index (κ3) is 5.75. The molecule has 94 valence electrons. The summed E-state index contributed by atoms with van der Waals surface area (Å²) in [5, 5.41) is 3.23. The van der Waals surface area contributed by atoms with Crippen LogP contribution in [-0.2, 0) is 16.1 Å². The van der Waals surface area contributed by atoms with Gasteiger partial charge in [0.2, 0.25) is 0 Å². The molecule has 0 saturated heterocycles. The van der Waals surface area contributed by atoms with Gasteiger partial charge in [0.25, 0.3) is 0 Å². The van der Waals surface area contributed by atoms with E-state index in [1.54, 1.807) is 18.7 Å². The van der Waals surface area contributed by atoms with Crippen LogP contribution in [0.15, 0.2) is 29.2 Å². The van der Waals surface area contributed by atoms with Crippen LogP contribution in [0.25, 0.3) is 0 Å². The largest absolute Gasteiger partial charge is 0.464 e. The number of carbonyl (C=O) groups excluding carboxylic acids is 1. The zero-order valence-electron chi connectivity index (χ0n) is 10.4. The van der Waals surface area contributed by atoms with Crippen LogP contribution in [-0.4, -0.2) is 25.4 Å². The molecule has 0 aliphatic carbocycles. The second-order valence-electron chi connectivity index (χ2n) is 3.60. The fraction of sp³-hybridized carbons (Fsp3) is 0.462. The van der Waals surface area contributed by atoms with Crippen molar-refractivity contribution in [2.45, 2.75) is 24.8 Å². The molecule has 0 aromatic heterocycles. The van der Waals surface area contributed by atoms with E-state index in [1.165, 1.54) is 10.5 Å². The first-order valence-electron chi connectivity index (χ1n) is 5.75. The fourth-order valence-electron chi connectivity index (χ4n) is 1.32. The third-order valence-corrected chi connectivity index (χ3v) is 3.06. The number of benzene rings is 1. The Labute approximate surface area is 107 Å². The second kappa shape index (κ2) is 8.14. The standard InChI is InChI=1S/C13H19NO2S/c1-3-13(15)16-9-8-14-10-11-4-6-12(17-2)7-5-11/h4-7,14H,3,8-10H2,1-2H3. The lowest BCUT2D eigenvalue weighted by atomic mass is 10.2. The lowest BCUT2D eigenvalue weighted by Crippen LogP contribution is -2.20. The molecule has 0 aliphatic heterocycles. The summed E-state index contributed by atoms with van der Waals surface area (Å²) >= 11 is 1.74. The van der Waals surface area contributed by atoms with Gasteiger partial charge in [-0.25, -0.2) is 0 Å². The van der Waals surface area contributed by atoms with Crippen molar-refractivity contribution in [3.8, 4) is 0 Å². The van der Waals surface area contributed by atoms with E-state index in [2.05, 4.69) is 35.8 Å². The summed E-state index contributed by atoms with van der Waals surface area (Å²) in [6.07, 6.45) is 2.51. The predicted octanol–water partition coefficient (Wildman–Crippen LogP) is 2.45. The minimum atomic E-state index is -0.142. The molecule has 3 nitrogen and oxygen atoms in total. The summed E-state index contributed by atoms with van der Waals surface area (Å²) in [6.45, 7) is 3.73. The minimum Gasteiger partial charge on any atom is -0.464 e. The van der Waals surface area contributed by atoms with Gasteiger partial charge in [-0.2, -0.15) is 0 Å². The summed E-state index contributed by atoms with van der Waals surface area (Å²) in [7, 11) is 0. The maximum atomic E-state index is 10.9. The van der Waals surface area contributed by atoms with E-state index in [1.807, 2.05) is 0 Å². The SMILES string of the molecule is CCC(=O)OCCNCc1ccc(SC)cc1. The van der Waals surface area contributed by atoms with Gasteiger partial charge in [-0.15, -0.1) is 11.8 Å². The van der Waals surface area contributed by atoms with Crippen LogP contribution >= 0.6 is 11.8 Å². The number of thioether (sulfide) groups is 1. The first-order valence-corrected chi connectivity index (χ1v) is 6.98. The Bertz CT molecular complexity index is 338. The van der Waals surface area contributed by atoms with Crippen LogP contribution in [0.5, 0.6) is 0 Å². The molecular formula is C13H19NO2S. The molecule has 0 amide bonds. The predicted molar refractivity (Wildman–Crippen MR) is 71.2 cm³/mol. The van der Waals surface area contributed by atoms with Gasteiger partial charge in [0.1, 0.15) is 6.61 Å². The van der Waals surface area contributed by atoms with Crippen LogP contribution in [0.1, 0.15) is 18.9 Å². The minimum absolute atomic E-state index is 0.142. The van der Waals surface area contributed by atoms with Crippen molar-refractivity contribution in [1.82, 2.24) is 5.32 Å². The number of nitrogens with one attached hydrogen (secondary N) is 1. The molecule has 1 N–H and O–H groups in total. The van der Waals surface area contributed by atoms with Crippen LogP contribution in [0.2, 0.25) is 0 Å². The molecular weight excluding hydrogens is 234 g/mol. The Balaban J connectivity index is 2.15. The smallest absolute Gasteiger partial charge is 0.305 e. The molecule has 0 fully saturated rings. The molecule has 0 unspecified atom stereocenters. The first-order chi connectivity index (χ1) is 8.26. The fourth-order valence-corrected chi connectivity index (χ4v) is 1.72. The molecule has 0 spiro atoms. The quantitative estimate of drug-likeness (QED) is 0.460. The van der Waals surface area contributed by atoms with E-state index in [9.17, 15) is 4.79 Å². The zero-order chi connectivity index (χ0) is 12.5. The average molecular weight is 253 g/mol. The van der Waals surface area contributed by atoms with Crippen LogP contribution in [0.4, 0.5) is 0 Å². The lowest BCUT2D eigenvalue weighted by Gasteiger charge is -2.06. The van der Waals surface area contributed by atoms with E-state index in [0.29, 0.717) is 19.6 Å². The summed E-state index contributed by atoms with van der Waals surface area (Å²) < 4.78 is 4.96. The zero-order valence-corrected chi connectivity index (χ0v) is 11.2. The van der Waals surface area contributed by atoms with Gasteiger partial charge in [-0.05, 0) is 24.0 Å². The van der Waals surface area contributed by atoms with Crippen molar-refractivity contribution in [3.63, 3.8) is 0 Å². The Morgan fingerprint density at radius 2 is 2.06 bits per heavy atom. The molecule has 1 rings (SSSR count). The van der Waals surface area contributed by atoms with Gasteiger partial charge in [0.05, 0.1) is 0 Å². The molecule has 0 radical (unpaired) electrons. The molecule has 0 heterocycles. The molecule has 0 bridgehead atoms. The second-order valence-corrected chi connectivity index (χ2v) is 4.48. The molecule has 4 heteroatoms. The third-order valence-electron chi connectivity index (χ3n) is 2.32. The van der Waals surface area contributed by atoms with Crippen molar-refractivity contribution in [2.75, 3.05) is 19.4 Å². The van der Waals surface area contributed by atoms with Crippen LogP contribution < -0.4 is 5.32 Å². The Hall–Kier alpha value is -1.00. The number of rotatable bonds is 7.